The molecule has 72 valence electrons. The first kappa shape index (κ1) is 10.4. The fourth-order valence-corrected chi connectivity index (χ4v) is 1.69. The van der Waals surface area contributed by atoms with Crippen LogP contribution >= 0.6 is 0 Å². The van der Waals surface area contributed by atoms with E-state index in [-0.39, 0.29) is 0 Å². The molecule has 0 atom stereocenters. The van der Waals surface area contributed by atoms with Crippen LogP contribution in [0.2, 0.25) is 13.1 Å². The Bertz CT molecular complexity index is 232. The molecule has 0 fully saturated rings. The summed E-state index contributed by atoms with van der Waals surface area (Å²) in [5.41, 5.74) is 1.51. The van der Waals surface area contributed by atoms with Gasteiger partial charge in [0.25, 0.3) is 0 Å². The van der Waals surface area contributed by atoms with Gasteiger partial charge in [-0.05, 0) is 38.8 Å². The van der Waals surface area contributed by atoms with Crippen molar-refractivity contribution in [2.75, 3.05) is 0 Å². The molecule has 0 aromatic heterocycles. The molecule has 0 N–H and O–H groups in total. The Morgan fingerprint density at radius 3 is 2.92 bits per heavy atom. The number of allylic oxidation sites excluding steroid dienone is 2. The zero-order valence-corrected chi connectivity index (χ0v) is 9.75. The van der Waals surface area contributed by atoms with E-state index in [4.69, 9.17) is 4.43 Å². The van der Waals surface area contributed by atoms with Gasteiger partial charge in [-0.1, -0.05) is 17.6 Å². The van der Waals surface area contributed by atoms with Gasteiger partial charge in [-0.2, -0.15) is 0 Å². The highest BCUT2D eigenvalue weighted by molar-refractivity contribution is 6.48. The monoisotopic (exact) mass is 194 g/mol. The molecule has 1 rings (SSSR count). The van der Waals surface area contributed by atoms with E-state index in [0.717, 1.165) is 6.42 Å². The summed E-state index contributed by atoms with van der Waals surface area (Å²) in [7, 11) is -0.938. The molecule has 13 heavy (non-hydrogen) atoms. The molecule has 1 nitrogen and oxygen atoms in total. The maximum atomic E-state index is 5.28. The van der Waals surface area contributed by atoms with E-state index in [2.05, 4.69) is 31.2 Å². The zero-order valence-electron chi connectivity index (χ0n) is 8.60. The Kier molecular flexibility index (Phi) is 4.70. The van der Waals surface area contributed by atoms with Crippen molar-refractivity contribution in [3.63, 3.8) is 0 Å². The van der Waals surface area contributed by atoms with E-state index in [1.807, 2.05) is 0 Å². The smallest absolute Gasteiger partial charge is 0.244 e. The topological polar surface area (TPSA) is 9.23 Å². The molecule has 0 heterocycles. The lowest BCUT2D eigenvalue weighted by atomic mass is 9.98. The fraction of sp³-hybridized carbons (Fsp3) is 0.636. The van der Waals surface area contributed by atoms with Gasteiger partial charge < -0.3 is 4.43 Å². The highest BCUT2D eigenvalue weighted by Crippen LogP contribution is 2.19. The van der Waals surface area contributed by atoms with Crippen LogP contribution in [-0.2, 0) is 4.43 Å². The summed E-state index contributed by atoms with van der Waals surface area (Å²) in [4.78, 5) is 0. The average Bonchev–Trinajstić information content (AvgIpc) is 2.14. The van der Waals surface area contributed by atoms with Crippen LogP contribution in [0.4, 0.5) is 0 Å². The molecule has 0 bridgehead atoms. The van der Waals surface area contributed by atoms with Gasteiger partial charge in [-0.25, -0.2) is 0 Å². The molecule has 0 amide bonds. The highest BCUT2D eigenvalue weighted by Gasteiger charge is 2.00. The summed E-state index contributed by atoms with van der Waals surface area (Å²) < 4.78 is 5.28. The number of rotatable bonds is 2. The van der Waals surface area contributed by atoms with Crippen LogP contribution in [-0.4, -0.2) is 9.04 Å². The van der Waals surface area contributed by atoms with E-state index in [0.29, 0.717) is 0 Å². The lowest BCUT2D eigenvalue weighted by Gasteiger charge is -2.08. The second kappa shape index (κ2) is 5.88. The van der Waals surface area contributed by atoms with Crippen molar-refractivity contribution >= 4 is 9.04 Å². The van der Waals surface area contributed by atoms with Crippen molar-refractivity contribution < 1.29 is 4.43 Å². The molecule has 0 unspecified atom stereocenters. The van der Waals surface area contributed by atoms with Crippen LogP contribution in [0.25, 0.3) is 0 Å². The second-order valence-electron chi connectivity index (χ2n) is 3.73. The first-order chi connectivity index (χ1) is 6.29. The van der Waals surface area contributed by atoms with Crippen LogP contribution < -0.4 is 0 Å². The third-order valence-electron chi connectivity index (χ3n) is 2.07. The van der Waals surface area contributed by atoms with Crippen molar-refractivity contribution in [2.24, 2.45) is 0 Å². The zero-order chi connectivity index (χ0) is 9.52. The van der Waals surface area contributed by atoms with Crippen LogP contribution in [0.1, 0.15) is 32.1 Å². The summed E-state index contributed by atoms with van der Waals surface area (Å²) in [5, 5.41) is 0. The molecule has 0 saturated heterocycles. The molecule has 0 aromatic rings. The first-order valence-electron chi connectivity index (χ1n) is 5.10. The largest absolute Gasteiger partial charge is 0.505 e. The summed E-state index contributed by atoms with van der Waals surface area (Å²) in [6, 6.07) is 0. The van der Waals surface area contributed by atoms with Crippen molar-refractivity contribution in [2.45, 2.75) is 45.2 Å². The van der Waals surface area contributed by atoms with Gasteiger partial charge in [0.15, 0.2) is 0 Å². The Morgan fingerprint density at radius 2 is 2.31 bits per heavy atom. The molecule has 2 heteroatoms. The minimum Gasteiger partial charge on any atom is -0.505 e. The van der Waals surface area contributed by atoms with Gasteiger partial charge in [0.1, 0.15) is 0 Å². The molecule has 0 spiro atoms. The lowest BCUT2D eigenvalue weighted by Crippen LogP contribution is -2.01. The molecule has 0 radical (unpaired) electrons. The molecular formula is C11H18OSi. The van der Waals surface area contributed by atoms with Crippen LogP contribution in [0, 0.1) is 12.0 Å². The third-order valence-corrected chi connectivity index (χ3v) is 2.66. The van der Waals surface area contributed by atoms with Gasteiger partial charge in [-0.15, -0.1) is 0 Å². The predicted octanol–water partition coefficient (Wildman–Crippen LogP) is 2.84. The fourth-order valence-electron chi connectivity index (χ4n) is 1.37. The molecule has 0 saturated carbocycles. The second-order valence-corrected chi connectivity index (χ2v) is 6.06. The Morgan fingerprint density at radius 1 is 1.46 bits per heavy atom. The van der Waals surface area contributed by atoms with E-state index in [1.54, 1.807) is 0 Å². The van der Waals surface area contributed by atoms with Gasteiger partial charge >= 0.3 is 0 Å². The third kappa shape index (κ3) is 4.79. The van der Waals surface area contributed by atoms with Crippen LogP contribution in [0.5, 0.6) is 0 Å². The Hall–Kier alpha value is -0.683. The Labute approximate surface area is 82.9 Å². The minimum atomic E-state index is -0.938. The van der Waals surface area contributed by atoms with Gasteiger partial charge in [0.2, 0.25) is 9.04 Å². The summed E-state index contributed by atoms with van der Waals surface area (Å²) >= 11 is 0. The van der Waals surface area contributed by atoms with Gasteiger partial charge in [0.05, 0.1) is 6.11 Å². The quantitative estimate of drug-likeness (QED) is 0.373. The molecule has 0 aromatic carbocycles. The standard InChI is InChI=1S/C11H18OSi/c1-13(2)12-10-6-9-11-7-4-3-5-8-11/h7,13H,3-5,8-9H2,1-2H3. The van der Waals surface area contributed by atoms with Crippen LogP contribution in [0.3, 0.4) is 0 Å². The number of hydrogen-bond acceptors (Lipinski definition) is 1. The molecule has 1 aliphatic rings. The molecule has 1 aliphatic carbocycles. The minimum absolute atomic E-state index is 0.918. The maximum Gasteiger partial charge on any atom is 0.244 e. The van der Waals surface area contributed by atoms with Crippen molar-refractivity contribution in [3.8, 4) is 12.0 Å². The summed E-state index contributed by atoms with van der Waals surface area (Å²) in [5.74, 6) is 3.08. The average molecular weight is 194 g/mol. The SMILES string of the molecule is C[SiH](C)OC#CCC1=CCCCC1. The van der Waals surface area contributed by atoms with E-state index >= 15 is 0 Å². The molecular weight excluding hydrogens is 176 g/mol. The maximum absolute atomic E-state index is 5.28. The van der Waals surface area contributed by atoms with Crippen LogP contribution in [0.15, 0.2) is 11.6 Å². The first-order valence-corrected chi connectivity index (χ1v) is 7.88. The van der Waals surface area contributed by atoms with Gasteiger partial charge in [-0.3, -0.25) is 0 Å². The Balaban J connectivity index is 2.23. The molecule has 0 aliphatic heterocycles. The van der Waals surface area contributed by atoms with Crippen molar-refractivity contribution in [1.82, 2.24) is 0 Å². The van der Waals surface area contributed by atoms with Gasteiger partial charge in [0, 0.05) is 6.42 Å². The van der Waals surface area contributed by atoms with Crippen molar-refractivity contribution in [3.05, 3.63) is 11.6 Å². The normalized spacial score (nSPS) is 16.1. The summed E-state index contributed by atoms with van der Waals surface area (Å²) in [6.07, 6.45) is 11.2. The highest BCUT2D eigenvalue weighted by atomic mass is 28.3. The van der Waals surface area contributed by atoms with E-state index < -0.39 is 9.04 Å². The lowest BCUT2D eigenvalue weighted by molar-refractivity contribution is 0.541. The van der Waals surface area contributed by atoms with E-state index in [9.17, 15) is 0 Å². The van der Waals surface area contributed by atoms with E-state index in [1.165, 1.54) is 31.3 Å². The summed E-state index contributed by atoms with van der Waals surface area (Å²) in [6.45, 7) is 4.27. The number of hydrogen-bond donors (Lipinski definition) is 0. The van der Waals surface area contributed by atoms with Crippen molar-refractivity contribution in [1.29, 1.82) is 0 Å². The predicted molar refractivity (Wildman–Crippen MR) is 58.9 cm³/mol.